The summed E-state index contributed by atoms with van der Waals surface area (Å²) in [5.74, 6) is -0.0245. The Bertz CT molecular complexity index is 1050. The molecule has 0 unspecified atom stereocenters. The van der Waals surface area contributed by atoms with Gasteiger partial charge in [-0.25, -0.2) is 0 Å². The van der Waals surface area contributed by atoms with Crippen LogP contribution in [0.25, 0.3) is 10.9 Å². The highest BCUT2D eigenvalue weighted by Crippen LogP contribution is 2.19. The molecule has 140 valence electrons. The molecule has 2 aromatic carbocycles. The maximum absolute atomic E-state index is 12.6. The van der Waals surface area contributed by atoms with Crippen molar-refractivity contribution in [2.45, 2.75) is 40.7 Å². The average molecular weight is 362 g/mol. The Hall–Kier alpha value is -2.88. The number of amides is 1. The fourth-order valence-corrected chi connectivity index (χ4v) is 3.55. The van der Waals surface area contributed by atoms with E-state index in [1.807, 2.05) is 32.0 Å². The van der Waals surface area contributed by atoms with Crippen LogP contribution in [0.3, 0.4) is 0 Å². The van der Waals surface area contributed by atoms with Crippen LogP contribution in [0.2, 0.25) is 0 Å². The molecule has 1 heterocycles. The van der Waals surface area contributed by atoms with Crippen molar-refractivity contribution in [1.82, 2.24) is 9.88 Å². The van der Waals surface area contributed by atoms with Crippen LogP contribution >= 0.6 is 0 Å². The summed E-state index contributed by atoms with van der Waals surface area (Å²) in [6.45, 7) is 8.58. The Morgan fingerprint density at radius 1 is 1.00 bits per heavy atom. The van der Waals surface area contributed by atoms with Gasteiger partial charge in [0, 0.05) is 19.0 Å². The molecule has 0 atom stereocenters. The third-order valence-electron chi connectivity index (χ3n) is 5.09. The van der Waals surface area contributed by atoms with Gasteiger partial charge in [-0.2, -0.15) is 0 Å². The van der Waals surface area contributed by atoms with E-state index in [4.69, 9.17) is 0 Å². The van der Waals surface area contributed by atoms with Gasteiger partial charge in [0.2, 0.25) is 5.91 Å². The van der Waals surface area contributed by atoms with Gasteiger partial charge in [0.25, 0.3) is 5.56 Å². The van der Waals surface area contributed by atoms with Crippen molar-refractivity contribution in [2.24, 2.45) is 0 Å². The zero-order valence-electron chi connectivity index (χ0n) is 16.4. The number of pyridine rings is 1. The molecule has 1 amide bonds. The number of aryl methyl sites for hydroxylation is 3. The summed E-state index contributed by atoms with van der Waals surface area (Å²) in [6.07, 6.45) is 0.774. The maximum Gasteiger partial charge on any atom is 0.253 e. The average Bonchev–Trinajstić information content (AvgIpc) is 2.60. The van der Waals surface area contributed by atoms with Crippen LogP contribution in [-0.2, 0) is 17.8 Å². The summed E-state index contributed by atoms with van der Waals surface area (Å²) in [5.41, 5.74) is 6.00. The van der Waals surface area contributed by atoms with Gasteiger partial charge in [-0.05, 0) is 61.4 Å². The smallest absolute Gasteiger partial charge is 0.253 e. The summed E-state index contributed by atoms with van der Waals surface area (Å²) in [5, 5.41) is 1.00. The van der Waals surface area contributed by atoms with Crippen LogP contribution in [0.15, 0.2) is 47.3 Å². The van der Waals surface area contributed by atoms with Crippen molar-refractivity contribution in [1.29, 1.82) is 0 Å². The Morgan fingerprint density at radius 3 is 2.44 bits per heavy atom. The molecular formula is C23H26N2O2. The first-order valence-corrected chi connectivity index (χ1v) is 9.28. The third kappa shape index (κ3) is 4.27. The first kappa shape index (κ1) is 18.9. The Kier molecular flexibility index (Phi) is 5.45. The molecule has 3 aromatic rings. The number of aromatic nitrogens is 1. The number of benzene rings is 2. The molecule has 0 bridgehead atoms. The highest BCUT2D eigenvalue weighted by Gasteiger charge is 2.14. The number of carbonyl (C=O) groups is 1. The number of aromatic amines is 1. The number of nitrogens with one attached hydrogen (secondary N) is 1. The number of hydrogen-bond acceptors (Lipinski definition) is 2. The van der Waals surface area contributed by atoms with Crippen molar-refractivity contribution in [3.63, 3.8) is 0 Å². The Morgan fingerprint density at radius 2 is 1.74 bits per heavy atom. The second kappa shape index (κ2) is 7.78. The molecule has 0 saturated carbocycles. The van der Waals surface area contributed by atoms with Gasteiger partial charge < -0.3 is 9.88 Å². The van der Waals surface area contributed by atoms with Crippen LogP contribution in [-0.4, -0.2) is 22.3 Å². The normalized spacial score (nSPS) is 11.0. The Balaban J connectivity index is 1.86. The molecule has 4 heteroatoms. The lowest BCUT2D eigenvalue weighted by atomic mass is 10.0. The predicted octanol–water partition coefficient (Wildman–Crippen LogP) is 4.04. The van der Waals surface area contributed by atoms with Crippen molar-refractivity contribution >= 4 is 16.8 Å². The molecule has 1 N–H and O–H groups in total. The molecule has 4 nitrogen and oxygen atoms in total. The predicted molar refractivity (Wildman–Crippen MR) is 110 cm³/mol. The minimum atomic E-state index is -0.128. The summed E-state index contributed by atoms with van der Waals surface area (Å²) in [7, 11) is 0. The van der Waals surface area contributed by atoms with Gasteiger partial charge in [-0.15, -0.1) is 0 Å². The van der Waals surface area contributed by atoms with Crippen molar-refractivity contribution < 1.29 is 4.79 Å². The van der Waals surface area contributed by atoms with E-state index in [0.717, 1.165) is 28.5 Å². The summed E-state index contributed by atoms with van der Waals surface area (Å²) < 4.78 is 0. The van der Waals surface area contributed by atoms with Crippen LogP contribution in [0, 0.1) is 20.8 Å². The molecule has 0 aliphatic heterocycles. The van der Waals surface area contributed by atoms with Gasteiger partial charge in [0.15, 0.2) is 0 Å². The monoisotopic (exact) mass is 362 g/mol. The third-order valence-corrected chi connectivity index (χ3v) is 5.09. The van der Waals surface area contributed by atoms with E-state index in [1.54, 1.807) is 11.8 Å². The minimum Gasteiger partial charge on any atom is -0.338 e. The molecule has 0 spiro atoms. The molecule has 0 saturated heterocycles. The second-order valence-corrected chi connectivity index (χ2v) is 7.29. The number of nitrogens with zero attached hydrogens (tertiary/aromatic N) is 1. The SMILES string of the molecule is CC(=O)N(CCc1ccccc1C)Cc1cc2cc(C)cc(C)c2[nH]c1=O. The lowest BCUT2D eigenvalue weighted by molar-refractivity contribution is -0.129. The van der Waals surface area contributed by atoms with Gasteiger partial charge >= 0.3 is 0 Å². The van der Waals surface area contributed by atoms with E-state index in [0.29, 0.717) is 18.7 Å². The first-order valence-electron chi connectivity index (χ1n) is 9.28. The van der Waals surface area contributed by atoms with Crippen LogP contribution in [0.5, 0.6) is 0 Å². The largest absolute Gasteiger partial charge is 0.338 e. The van der Waals surface area contributed by atoms with E-state index in [1.165, 1.54) is 11.1 Å². The number of carbonyl (C=O) groups excluding carboxylic acids is 1. The summed E-state index contributed by atoms with van der Waals surface area (Å²) >= 11 is 0. The lowest BCUT2D eigenvalue weighted by Gasteiger charge is -2.21. The molecular weight excluding hydrogens is 336 g/mol. The van der Waals surface area contributed by atoms with E-state index in [9.17, 15) is 9.59 Å². The zero-order chi connectivity index (χ0) is 19.6. The van der Waals surface area contributed by atoms with Crippen molar-refractivity contribution in [2.75, 3.05) is 6.54 Å². The summed E-state index contributed by atoms with van der Waals surface area (Å²) in [6, 6.07) is 14.2. The van der Waals surface area contributed by atoms with E-state index in [2.05, 4.69) is 36.2 Å². The molecule has 0 aliphatic carbocycles. The quantitative estimate of drug-likeness (QED) is 0.745. The van der Waals surface area contributed by atoms with E-state index >= 15 is 0 Å². The van der Waals surface area contributed by atoms with Crippen molar-refractivity contribution in [3.8, 4) is 0 Å². The summed E-state index contributed by atoms with van der Waals surface area (Å²) in [4.78, 5) is 29.4. The molecule has 0 aliphatic rings. The van der Waals surface area contributed by atoms with E-state index in [-0.39, 0.29) is 11.5 Å². The first-order chi connectivity index (χ1) is 12.8. The molecule has 0 radical (unpaired) electrons. The number of rotatable bonds is 5. The molecule has 27 heavy (non-hydrogen) atoms. The zero-order valence-corrected chi connectivity index (χ0v) is 16.4. The van der Waals surface area contributed by atoms with Crippen LogP contribution in [0.4, 0.5) is 0 Å². The highest BCUT2D eigenvalue weighted by atomic mass is 16.2. The number of H-pyrrole nitrogens is 1. The van der Waals surface area contributed by atoms with Crippen LogP contribution in [0.1, 0.15) is 34.7 Å². The minimum absolute atomic E-state index is 0.0245. The van der Waals surface area contributed by atoms with Gasteiger partial charge in [0.05, 0.1) is 12.1 Å². The van der Waals surface area contributed by atoms with Crippen molar-refractivity contribution in [3.05, 3.63) is 80.6 Å². The second-order valence-electron chi connectivity index (χ2n) is 7.29. The van der Waals surface area contributed by atoms with Gasteiger partial charge in [-0.3, -0.25) is 9.59 Å². The highest BCUT2D eigenvalue weighted by molar-refractivity contribution is 5.83. The number of hydrogen-bond donors (Lipinski definition) is 1. The van der Waals surface area contributed by atoms with E-state index < -0.39 is 0 Å². The fourth-order valence-electron chi connectivity index (χ4n) is 3.55. The van der Waals surface area contributed by atoms with Crippen LogP contribution < -0.4 is 5.56 Å². The maximum atomic E-state index is 12.6. The Labute approximate surface area is 159 Å². The fraction of sp³-hybridized carbons (Fsp3) is 0.304. The number of fused-ring (bicyclic) bond motifs is 1. The van der Waals surface area contributed by atoms with Gasteiger partial charge in [-0.1, -0.05) is 35.9 Å². The lowest BCUT2D eigenvalue weighted by Crippen LogP contribution is -2.32. The van der Waals surface area contributed by atoms with Gasteiger partial charge in [0.1, 0.15) is 0 Å². The standard InChI is InChI=1S/C23H26N2O2/c1-15-11-17(3)22-20(12-15)13-21(23(27)24-22)14-25(18(4)26)10-9-19-8-6-5-7-16(19)2/h5-8,11-13H,9-10,14H2,1-4H3,(H,24,27). The molecule has 1 aromatic heterocycles. The molecule has 3 rings (SSSR count). The molecule has 0 fully saturated rings. The topological polar surface area (TPSA) is 53.2 Å².